The average Bonchev–Trinajstić information content (AvgIpc) is 3.42. The Morgan fingerprint density at radius 1 is 1.29 bits per heavy atom. The zero-order valence-electron chi connectivity index (χ0n) is 15.6. The smallest absolute Gasteiger partial charge is 0.340 e. The molecule has 3 amide bonds. The summed E-state index contributed by atoms with van der Waals surface area (Å²) < 4.78 is 5.04. The predicted octanol–water partition coefficient (Wildman–Crippen LogP) is 2.48. The summed E-state index contributed by atoms with van der Waals surface area (Å²) in [6.45, 7) is -0.600. The number of pyridine rings is 1. The first-order valence-corrected chi connectivity index (χ1v) is 10.5. The van der Waals surface area contributed by atoms with Gasteiger partial charge in [0.05, 0.1) is 11.1 Å². The molecule has 2 aliphatic rings. The number of amides is 3. The Hall–Kier alpha value is -2.60. The lowest BCUT2D eigenvalue weighted by Gasteiger charge is -2.13. The van der Waals surface area contributed by atoms with Gasteiger partial charge in [0, 0.05) is 17.7 Å². The highest BCUT2D eigenvalue weighted by molar-refractivity contribution is 7.98. The molecule has 0 spiro atoms. The average molecular weight is 402 g/mol. The molecule has 3 rings (SSSR count). The molecule has 0 saturated heterocycles. The van der Waals surface area contributed by atoms with Crippen LogP contribution in [0.4, 0.5) is 4.79 Å². The second kappa shape index (κ2) is 9.06. The van der Waals surface area contributed by atoms with Gasteiger partial charge in [0.1, 0.15) is 11.1 Å². The van der Waals surface area contributed by atoms with Crippen molar-refractivity contribution in [2.24, 2.45) is 0 Å². The van der Waals surface area contributed by atoms with Crippen molar-refractivity contribution >= 4 is 29.7 Å². The first kappa shape index (κ1) is 20.1. The summed E-state index contributed by atoms with van der Waals surface area (Å²) in [5.41, 5.74) is 1.00. The third-order valence-corrected chi connectivity index (χ3v) is 5.49. The van der Waals surface area contributed by atoms with Crippen LogP contribution in [0.5, 0.6) is 0 Å². The lowest BCUT2D eigenvalue weighted by atomic mass is 10.1. The van der Waals surface area contributed by atoms with Crippen molar-refractivity contribution in [2.75, 3.05) is 12.9 Å². The molecule has 0 atom stereocenters. The fraction of sp³-hybridized carbons (Fsp3) is 0.526. The summed E-state index contributed by atoms with van der Waals surface area (Å²) in [6, 6.07) is 3.06. The highest BCUT2D eigenvalue weighted by Crippen LogP contribution is 2.40. The van der Waals surface area contributed by atoms with Gasteiger partial charge in [-0.1, -0.05) is 12.8 Å². The van der Waals surface area contributed by atoms with Gasteiger partial charge in [-0.15, -0.1) is 11.8 Å². The highest BCUT2D eigenvalue weighted by Gasteiger charge is 2.29. The van der Waals surface area contributed by atoms with Gasteiger partial charge in [-0.2, -0.15) is 5.26 Å². The topological polar surface area (TPSA) is 121 Å². The van der Waals surface area contributed by atoms with Gasteiger partial charge in [-0.05, 0) is 38.0 Å². The Kier molecular flexibility index (Phi) is 6.52. The Morgan fingerprint density at radius 3 is 2.61 bits per heavy atom. The van der Waals surface area contributed by atoms with Gasteiger partial charge in [-0.3, -0.25) is 10.1 Å². The second-order valence-corrected chi connectivity index (χ2v) is 7.74. The number of carbonyl (C=O) groups excluding carboxylic acids is 3. The third-order valence-electron chi connectivity index (χ3n) is 4.80. The van der Waals surface area contributed by atoms with Crippen LogP contribution in [-0.4, -0.2) is 41.8 Å². The van der Waals surface area contributed by atoms with E-state index in [0.29, 0.717) is 10.9 Å². The molecule has 2 fully saturated rings. The number of urea groups is 1. The van der Waals surface area contributed by atoms with E-state index in [4.69, 9.17) is 4.74 Å². The Balaban J connectivity index is 1.59. The van der Waals surface area contributed by atoms with Gasteiger partial charge < -0.3 is 10.1 Å². The molecule has 2 saturated carbocycles. The maximum Gasteiger partial charge on any atom is 0.340 e. The Labute approximate surface area is 167 Å². The van der Waals surface area contributed by atoms with Crippen LogP contribution in [0, 0.1) is 11.3 Å². The van der Waals surface area contributed by atoms with Crippen molar-refractivity contribution in [3.63, 3.8) is 0 Å². The molecule has 0 radical (unpaired) electrons. The molecule has 28 heavy (non-hydrogen) atoms. The van der Waals surface area contributed by atoms with Gasteiger partial charge in [0.25, 0.3) is 5.91 Å². The number of nitrogens with zero attached hydrogens (tertiary/aromatic N) is 2. The van der Waals surface area contributed by atoms with Crippen LogP contribution in [0.15, 0.2) is 11.1 Å². The van der Waals surface area contributed by atoms with Crippen molar-refractivity contribution in [1.82, 2.24) is 15.6 Å². The normalized spacial score (nSPS) is 16.3. The number of imide groups is 1. The maximum absolute atomic E-state index is 12.5. The van der Waals surface area contributed by atoms with E-state index in [2.05, 4.69) is 15.6 Å². The highest BCUT2D eigenvalue weighted by atomic mass is 32.2. The summed E-state index contributed by atoms with van der Waals surface area (Å²) in [5.74, 6) is -1.20. The number of thioether (sulfide) groups is 1. The van der Waals surface area contributed by atoms with E-state index >= 15 is 0 Å². The lowest BCUT2D eigenvalue weighted by molar-refractivity contribution is -0.123. The van der Waals surface area contributed by atoms with Gasteiger partial charge in [0.15, 0.2) is 6.61 Å². The zero-order chi connectivity index (χ0) is 20.1. The van der Waals surface area contributed by atoms with E-state index in [9.17, 15) is 19.6 Å². The van der Waals surface area contributed by atoms with E-state index in [0.717, 1.165) is 44.2 Å². The van der Waals surface area contributed by atoms with Crippen molar-refractivity contribution in [2.45, 2.75) is 55.5 Å². The van der Waals surface area contributed by atoms with Crippen LogP contribution in [0.1, 0.15) is 66.1 Å². The fourth-order valence-corrected chi connectivity index (χ4v) is 3.77. The van der Waals surface area contributed by atoms with E-state index in [1.165, 1.54) is 11.8 Å². The Bertz CT molecular complexity index is 826. The van der Waals surface area contributed by atoms with Crippen LogP contribution in [-0.2, 0) is 9.53 Å². The molecule has 0 aromatic carbocycles. The summed E-state index contributed by atoms with van der Waals surface area (Å²) in [5, 5.41) is 14.8. The summed E-state index contributed by atoms with van der Waals surface area (Å²) in [7, 11) is 0. The summed E-state index contributed by atoms with van der Waals surface area (Å²) >= 11 is 1.29. The largest absolute Gasteiger partial charge is 0.452 e. The molecule has 2 aliphatic carbocycles. The molecule has 1 aromatic heterocycles. The standard InChI is InChI=1S/C19H22N4O4S/c1-28-17-14(9-20)13(8-15(22-17)11-6-7-11)18(25)27-10-16(24)23-19(26)21-12-4-2-3-5-12/h8,11-12H,2-7,10H2,1H3,(H2,21,23,24,26). The van der Waals surface area contributed by atoms with Crippen LogP contribution < -0.4 is 10.6 Å². The molecule has 1 heterocycles. The SMILES string of the molecule is CSc1nc(C2CC2)cc(C(=O)OCC(=O)NC(=O)NC2CCCC2)c1C#N. The maximum atomic E-state index is 12.5. The number of hydrogen-bond donors (Lipinski definition) is 2. The van der Waals surface area contributed by atoms with Crippen molar-refractivity contribution in [3.8, 4) is 6.07 Å². The zero-order valence-corrected chi connectivity index (χ0v) is 16.4. The number of esters is 1. The van der Waals surface area contributed by atoms with Gasteiger partial charge >= 0.3 is 12.0 Å². The van der Waals surface area contributed by atoms with Crippen molar-refractivity contribution < 1.29 is 19.1 Å². The molecule has 8 nitrogen and oxygen atoms in total. The number of rotatable bonds is 6. The number of carbonyl (C=O) groups is 3. The van der Waals surface area contributed by atoms with Gasteiger partial charge in [-0.25, -0.2) is 14.6 Å². The van der Waals surface area contributed by atoms with Crippen LogP contribution in [0.25, 0.3) is 0 Å². The van der Waals surface area contributed by atoms with E-state index < -0.39 is 24.5 Å². The number of nitrogens with one attached hydrogen (secondary N) is 2. The monoisotopic (exact) mass is 402 g/mol. The molecule has 0 aliphatic heterocycles. The van der Waals surface area contributed by atoms with Crippen molar-refractivity contribution in [1.29, 1.82) is 5.26 Å². The molecular weight excluding hydrogens is 380 g/mol. The molecule has 0 bridgehead atoms. The minimum Gasteiger partial charge on any atom is -0.452 e. The molecule has 0 unspecified atom stereocenters. The van der Waals surface area contributed by atoms with Crippen LogP contribution in [0.3, 0.4) is 0 Å². The minimum absolute atomic E-state index is 0.0798. The molecular formula is C19H22N4O4S. The third kappa shape index (κ3) is 5.01. The van der Waals surface area contributed by atoms with Crippen LogP contribution >= 0.6 is 11.8 Å². The predicted molar refractivity (Wildman–Crippen MR) is 102 cm³/mol. The minimum atomic E-state index is -0.775. The number of nitriles is 1. The summed E-state index contributed by atoms with van der Waals surface area (Å²) in [6.07, 6.45) is 7.70. The first-order chi connectivity index (χ1) is 13.5. The van der Waals surface area contributed by atoms with E-state index in [1.54, 1.807) is 12.3 Å². The molecule has 2 N–H and O–H groups in total. The lowest BCUT2D eigenvalue weighted by Crippen LogP contribution is -2.45. The fourth-order valence-electron chi connectivity index (χ4n) is 3.21. The van der Waals surface area contributed by atoms with Gasteiger partial charge in [0.2, 0.25) is 0 Å². The number of ether oxygens (including phenoxy) is 1. The molecule has 1 aromatic rings. The quantitative estimate of drug-likeness (QED) is 0.554. The Morgan fingerprint density at radius 2 is 2.00 bits per heavy atom. The summed E-state index contributed by atoms with van der Waals surface area (Å²) in [4.78, 5) is 40.6. The van der Waals surface area contributed by atoms with Crippen molar-refractivity contribution in [3.05, 3.63) is 22.9 Å². The van der Waals surface area contributed by atoms with E-state index in [1.807, 2.05) is 6.07 Å². The molecule has 9 heteroatoms. The second-order valence-electron chi connectivity index (χ2n) is 6.94. The van der Waals surface area contributed by atoms with E-state index in [-0.39, 0.29) is 17.2 Å². The van der Waals surface area contributed by atoms with Crippen LogP contribution in [0.2, 0.25) is 0 Å². The first-order valence-electron chi connectivity index (χ1n) is 9.28. The number of hydrogen-bond acceptors (Lipinski definition) is 7. The number of aromatic nitrogens is 1. The molecule has 148 valence electrons.